The van der Waals surface area contributed by atoms with Crippen molar-refractivity contribution in [3.8, 4) is 0 Å². The van der Waals surface area contributed by atoms with Crippen molar-refractivity contribution >= 4 is 23.3 Å². The van der Waals surface area contributed by atoms with Crippen molar-refractivity contribution in [3.05, 3.63) is 47.3 Å². The highest BCUT2D eigenvalue weighted by Crippen LogP contribution is 2.34. The summed E-state index contributed by atoms with van der Waals surface area (Å²) in [6, 6.07) is 5.80. The Morgan fingerprint density at radius 2 is 2.04 bits per heavy atom. The normalized spacial score (nSPS) is 13.6. The van der Waals surface area contributed by atoms with E-state index in [9.17, 15) is 4.39 Å². The number of nitrogens with one attached hydrogen (secondary N) is 2. The Morgan fingerprint density at radius 3 is 2.75 bits per heavy atom. The molecule has 126 valence electrons. The number of aryl methyl sites for hydroxylation is 1. The summed E-state index contributed by atoms with van der Waals surface area (Å²) >= 11 is 0. The molecule has 0 saturated heterocycles. The first-order chi connectivity index (χ1) is 11.4. The van der Waals surface area contributed by atoms with E-state index in [1.807, 2.05) is 44.9 Å². The van der Waals surface area contributed by atoms with Gasteiger partial charge in [-0.15, -0.1) is 0 Å². The number of aromatic nitrogens is 2. The van der Waals surface area contributed by atoms with Gasteiger partial charge in [0.15, 0.2) is 0 Å². The number of anilines is 3. The number of nitrogens with zero attached hydrogens (tertiary/aromatic N) is 3. The van der Waals surface area contributed by atoms with Crippen LogP contribution in [-0.4, -0.2) is 28.0 Å². The van der Waals surface area contributed by atoms with Crippen molar-refractivity contribution in [1.82, 2.24) is 14.9 Å². The van der Waals surface area contributed by atoms with Gasteiger partial charge in [-0.1, -0.05) is 0 Å². The number of hydrogen-bond donors (Lipinski definition) is 2. The first kappa shape index (κ1) is 16.2. The average molecular weight is 327 g/mol. The molecule has 1 aliphatic rings. The molecule has 24 heavy (non-hydrogen) atoms. The molecule has 0 aliphatic carbocycles. The minimum atomic E-state index is -0.256. The van der Waals surface area contributed by atoms with E-state index >= 15 is 0 Å². The molecule has 0 saturated carbocycles. The van der Waals surface area contributed by atoms with Gasteiger partial charge in [0.05, 0.1) is 0 Å². The van der Waals surface area contributed by atoms with Crippen molar-refractivity contribution < 1.29 is 4.39 Å². The summed E-state index contributed by atoms with van der Waals surface area (Å²) in [6.07, 6.45) is 3.25. The Hall–Kier alpha value is -2.63. The van der Waals surface area contributed by atoms with E-state index in [0.29, 0.717) is 29.6 Å². The van der Waals surface area contributed by atoms with Crippen molar-refractivity contribution in [3.63, 3.8) is 0 Å². The highest BCUT2D eigenvalue weighted by Gasteiger charge is 2.21. The van der Waals surface area contributed by atoms with E-state index in [1.54, 1.807) is 12.3 Å². The maximum absolute atomic E-state index is 14.4. The number of rotatable bonds is 4. The summed E-state index contributed by atoms with van der Waals surface area (Å²) in [6.45, 7) is 6.69. The predicted molar refractivity (Wildman–Crippen MR) is 95.8 cm³/mol. The third kappa shape index (κ3) is 3.48. The molecule has 2 aromatic rings. The number of fused-ring (bicyclic) bond motifs is 1. The molecule has 0 unspecified atom stereocenters. The van der Waals surface area contributed by atoms with Crippen molar-refractivity contribution in [2.75, 3.05) is 17.7 Å². The highest BCUT2D eigenvalue weighted by atomic mass is 19.1. The Bertz CT molecular complexity index is 785. The standard InChI is InChI=1S/C18H22FN5/c1-11(2)21-18-14-9-24(4)10-15(19)13(14)8-17(23-18)22-16-7-12(3)5-6-20-16/h5-8,10-11H,9H2,1-4H3,(H2,20,21,22,23). The number of hydrogen-bond acceptors (Lipinski definition) is 5. The molecule has 5 nitrogen and oxygen atoms in total. The third-order valence-corrected chi connectivity index (χ3v) is 3.72. The van der Waals surface area contributed by atoms with E-state index in [4.69, 9.17) is 0 Å². The summed E-state index contributed by atoms with van der Waals surface area (Å²) in [7, 11) is 1.85. The van der Waals surface area contributed by atoms with Crippen molar-refractivity contribution in [2.45, 2.75) is 33.4 Å². The van der Waals surface area contributed by atoms with Gasteiger partial charge in [-0.2, -0.15) is 0 Å². The largest absolute Gasteiger partial charge is 0.374 e. The van der Waals surface area contributed by atoms with Crippen molar-refractivity contribution in [1.29, 1.82) is 0 Å². The zero-order valence-corrected chi connectivity index (χ0v) is 14.4. The fourth-order valence-electron chi connectivity index (χ4n) is 2.70. The molecule has 2 N–H and O–H groups in total. The summed E-state index contributed by atoms with van der Waals surface area (Å²) in [5.41, 5.74) is 2.54. The van der Waals surface area contributed by atoms with Gasteiger partial charge in [-0.3, -0.25) is 0 Å². The smallest absolute Gasteiger partial charge is 0.146 e. The summed E-state index contributed by atoms with van der Waals surface area (Å²) in [5, 5.41) is 6.49. The van der Waals surface area contributed by atoms with Crippen LogP contribution in [-0.2, 0) is 6.54 Å². The molecule has 0 radical (unpaired) electrons. The van der Waals surface area contributed by atoms with Crippen LogP contribution in [0.5, 0.6) is 0 Å². The van der Waals surface area contributed by atoms with Crippen LogP contribution in [0, 0.1) is 6.92 Å². The lowest BCUT2D eigenvalue weighted by Crippen LogP contribution is -2.21. The van der Waals surface area contributed by atoms with Crippen LogP contribution in [0.15, 0.2) is 30.6 Å². The minimum absolute atomic E-state index is 0.202. The lowest BCUT2D eigenvalue weighted by Gasteiger charge is -2.26. The molecular weight excluding hydrogens is 305 g/mol. The second-order valence-electron chi connectivity index (χ2n) is 6.42. The molecule has 0 amide bonds. The van der Waals surface area contributed by atoms with E-state index in [1.165, 1.54) is 6.20 Å². The van der Waals surface area contributed by atoms with E-state index < -0.39 is 0 Å². The number of halogens is 1. The van der Waals surface area contributed by atoms with Gasteiger partial charge in [0, 0.05) is 43.2 Å². The van der Waals surface area contributed by atoms with Gasteiger partial charge in [0.2, 0.25) is 0 Å². The van der Waals surface area contributed by atoms with E-state index in [0.717, 1.165) is 11.1 Å². The van der Waals surface area contributed by atoms with Gasteiger partial charge >= 0.3 is 0 Å². The van der Waals surface area contributed by atoms with Gasteiger partial charge in [0.25, 0.3) is 0 Å². The van der Waals surface area contributed by atoms with E-state index in [-0.39, 0.29) is 11.9 Å². The van der Waals surface area contributed by atoms with Gasteiger partial charge < -0.3 is 15.5 Å². The Kier molecular flexibility index (Phi) is 4.38. The van der Waals surface area contributed by atoms with Crippen LogP contribution in [0.25, 0.3) is 5.83 Å². The van der Waals surface area contributed by atoms with Crippen LogP contribution >= 0.6 is 0 Å². The monoisotopic (exact) mass is 327 g/mol. The summed E-state index contributed by atoms with van der Waals surface area (Å²) in [5.74, 6) is 1.71. The van der Waals surface area contributed by atoms with Gasteiger partial charge in [-0.25, -0.2) is 14.4 Å². The second-order valence-corrected chi connectivity index (χ2v) is 6.42. The molecule has 0 atom stereocenters. The minimum Gasteiger partial charge on any atom is -0.374 e. The molecule has 3 heterocycles. The zero-order valence-electron chi connectivity index (χ0n) is 14.4. The van der Waals surface area contributed by atoms with Crippen molar-refractivity contribution in [2.24, 2.45) is 0 Å². The Labute approximate surface area is 141 Å². The van der Waals surface area contributed by atoms with Gasteiger partial charge in [0.1, 0.15) is 23.3 Å². The average Bonchev–Trinajstić information content (AvgIpc) is 2.48. The molecule has 2 aromatic heterocycles. The van der Waals surface area contributed by atoms with Crippen LogP contribution < -0.4 is 10.6 Å². The topological polar surface area (TPSA) is 53.1 Å². The Morgan fingerprint density at radius 1 is 1.25 bits per heavy atom. The highest BCUT2D eigenvalue weighted by molar-refractivity contribution is 5.73. The molecule has 1 aliphatic heterocycles. The first-order valence-electron chi connectivity index (χ1n) is 8.00. The summed E-state index contributed by atoms with van der Waals surface area (Å²) < 4.78 is 14.4. The molecular formula is C18H22FN5. The maximum atomic E-state index is 14.4. The lowest BCUT2D eigenvalue weighted by atomic mass is 10.0. The molecule has 0 spiro atoms. The molecule has 0 aromatic carbocycles. The van der Waals surface area contributed by atoms with Gasteiger partial charge in [-0.05, 0) is 44.5 Å². The molecule has 0 bridgehead atoms. The zero-order chi connectivity index (χ0) is 17.3. The molecule has 0 fully saturated rings. The maximum Gasteiger partial charge on any atom is 0.146 e. The quantitative estimate of drug-likeness (QED) is 0.887. The fraction of sp³-hybridized carbons (Fsp3) is 0.333. The van der Waals surface area contributed by atoms with Crippen LogP contribution in [0.2, 0.25) is 0 Å². The Balaban J connectivity index is 2.02. The van der Waals surface area contributed by atoms with Crippen LogP contribution in [0.3, 0.4) is 0 Å². The second kappa shape index (κ2) is 6.47. The molecule has 6 heteroatoms. The fourth-order valence-corrected chi connectivity index (χ4v) is 2.70. The first-order valence-corrected chi connectivity index (χ1v) is 8.00. The summed E-state index contributed by atoms with van der Waals surface area (Å²) in [4.78, 5) is 10.7. The molecule has 3 rings (SSSR count). The lowest BCUT2D eigenvalue weighted by molar-refractivity contribution is 0.435. The van der Waals surface area contributed by atoms with Crippen LogP contribution in [0.1, 0.15) is 30.5 Å². The van der Waals surface area contributed by atoms with Crippen LogP contribution in [0.4, 0.5) is 21.8 Å². The third-order valence-electron chi connectivity index (χ3n) is 3.72. The SMILES string of the molecule is Cc1ccnc(Nc2cc3c(c(NC(C)C)n2)CN(C)C=C3F)c1. The number of pyridine rings is 2. The predicted octanol–water partition coefficient (Wildman–Crippen LogP) is 4.06. The van der Waals surface area contributed by atoms with E-state index in [2.05, 4.69) is 20.6 Å².